The van der Waals surface area contributed by atoms with E-state index in [1.165, 1.54) is 19.2 Å². The molecule has 1 aromatic carbocycles. The quantitative estimate of drug-likeness (QED) is 0.485. The van der Waals surface area contributed by atoms with Crippen molar-refractivity contribution in [2.75, 3.05) is 44.8 Å². The predicted molar refractivity (Wildman–Crippen MR) is 116 cm³/mol. The average molecular weight is 444 g/mol. The van der Waals surface area contributed by atoms with Crippen molar-refractivity contribution >= 4 is 18.0 Å². The maximum absolute atomic E-state index is 12.0. The van der Waals surface area contributed by atoms with Crippen molar-refractivity contribution < 1.29 is 28.9 Å². The van der Waals surface area contributed by atoms with Crippen molar-refractivity contribution in [3.63, 3.8) is 0 Å². The highest BCUT2D eigenvalue weighted by molar-refractivity contribution is 5.92. The zero-order valence-corrected chi connectivity index (χ0v) is 18.3. The maximum Gasteiger partial charge on any atom is 0.409 e. The van der Waals surface area contributed by atoms with E-state index in [-0.39, 0.29) is 24.0 Å². The number of carbonyl (C=O) groups is 2. The second kappa shape index (κ2) is 11.2. The van der Waals surface area contributed by atoms with Gasteiger partial charge in [-0.2, -0.15) is 0 Å². The second-order valence-corrected chi connectivity index (χ2v) is 7.29. The minimum Gasteiger partial charge on any atom is -0.507 e. The van der Waals surface area contributed by atoms with Crippen LogP contribution in [0.1, 0.15) is 35.7 Å². The molecule has 0 bridgehead atoms. The minimum absolute atomic E-state index is 0.0324. The molecule has 2 heterocycles. The number of carbonyl (C=O) groups excluding carboxylic acids is 2. The molecule has 172 valence electrons. The molecule has 0 aliphatic carbocycles. The van der Waals surface area contributed by atoms with Crippen molar-refractivity contribution in [1.82, 2.24) is 14.9 Å². The Morgan fingerprint density at radius 1 is 1.12 bits per heavy atom. The standard InChI is InChI=1S/C22H28N4O6/c1-3-4-11-31-22(29)26-9-7-25(8-10-26)21-23-13-16(14-24-21)15-32-17-5-6-19(27)18(12-17)20(28)30-2/h5-6,12-14,27H,3-4,7-11,15H2,1-2H3. The molecule has 10 nitrogen and oxygen atoms in total. The Labute approximate surface area is 186 Å². The van der Waals surface area contributed by atoms with Crippen LogP contribution in [0.15, 0.2) is 30.6 Å². The smallest absolute Gasteiger partial charge is 0.409 e. The van der Waals surface area contributed by atoms with Gasteiger partial charge in [-0.25, -0.2) is 19.6 Å². The van der Waals surface area contributed by atoms with Gasteiger partial charge in [0, 0.05) is 44.1 Å². The number of amides is 1. The number of aromatic nitrogens is 2. The van der Waals surface area contributed by atoms with Crippen LogP contribution in [0.25, 0.3) is 0 Å². The summed E-state index contributed by atoms with van der Waals surface area (Å²) in [5, 5.41) is 9.76. The summed E-state index contributed by atoms with van der Waals surface area (Å²) >= 11 is 0. The SMILES string of the molecule is CCCCOC(=O)N1CCN(c2ncc(COc3ccc(O)c(C(=O)OC)c3)cn2)CC1. The van der Waals surface area contributed by atoms with E-state index in [0.29, 0.717) is 44.5 Å². The molecule has 1 aromatic heterocycles. The van der Waals surface area contributed by atoms with Crippen LogP contribution in [0.4, 0.5) is 10.7 Å². The Morgan fingerprint density at radius 2 is 1.84 bits per heavy atom. The van der Waals surface area contributed by atoms with Crippen molar-refractivity contribution in [2.45, 2.75) is 26.4 Å². The third-order valence-corrected chi connectivity index (χ3v) is 5.01. The van der Waals surface area contributed by atoms with E-state index in [1.54, 1.807) is 23.4 Å². The molecule has 1 aliphatic rings. The Hall–Kier alpha value is -3.56. The van der Waals surface area contributed by atoms with E-state index in [4.69, 9.17) is 9.47 Å². The first kappa shape index (κ1) is 23.1. The molecule has 0 radical (unpaired) electrons. The first-order chi connectivity index (χ1) is 15.5. The molecule has 0 saturated carbocycles. The number of esters is 1. The van der Waals surface area contributed by atoms with Gasteiger partial charge in [-0.3, -0.25) is 0 Å². The van der Waals surface area contributed by atoms with Crippen molar-refractivity contribution in [1.29, 1.82) is 0 Å². The number of aromatic hydroxyl groups is 1. The summed E-state index contributed by atoms with van der Waals surface area (Å²) in [7, 11) is 1.24. The summed E-state index contributed by atoms with van der Waals surface area (Å²) in [4.78, 5) is 36.2. The number of benzene rings is 1. The number of hydrogen-bond acceptors (Lipinski definition) is 9. The van der Waals surface area contributed by atoms with E-state index in [2.05, 4.69) is 21.6 Å². The van der Waals surface area contributed by atoms with E-state index >= 15 is 0 Å². The van der Waals surface area contributed by atoms with Crippen molar-refractivity contribution in [3.8, 4) is 11.5 Å². The van der Waals surface area contributed by atoms with Gasteiger partial charge >= 0.3 is 12.1 Å². The molecule has 0 spiro atoms. The minimum atomic E-state index is -0.644. The van der Waals surface area contributed by atoms with Crippen LogP contribution < -0.4 is 9.64 Å². The molecule has 0 unspecified atom stereocenters. The highest BCUT2D eigenvalue weighted by atomic mass is 16.6. The van der Waals surface area contributed by atoms with Gasteiger partial charge in [0.2, 0.25) is 5.95 Å². The summed E-state index contributed by atoms with van der Waals surface area (Å²) in [6.45, 7) is 5.08. The fourth-order valence-corrected chi connectivity index (χ4v) is 3.11. The summed E-state index contributed by atoms with van der Waals surface area (Å²) in [5.74, 6) is 0.181. The molecule has 1 N–H and O–H groups in total. The molecule has 0 atom stereocenters. The monoisotopic (exact) mass is 444 g/mol. The van der Waals surface area contributed by atoms with Gasteiger partial charge in [-0.1, -0.05) is 13.3 Å². The van der Waals surface area contributed by atoms with Gasteiger partial charge < -0.3 is 29.1 Å². The van der Waals surface area contributed by atoms with Crippen LogP contribution in [-0.4, -0.2) is 71.9 Å². The van der Waals surface area contributed by atoms with Crippen LogP contribution in [-0.2, 0) is 16.1 Å². The number of piperazine rings is 1. The number of methoxy groups -OCH3 is 1. The normalized spacial score (nSPS) is 13.6. The van der Waals surface area contributed by atoms with Crippen LogP contribution >= 0.6 is 0 Å². The molecule has 10 heteroatoms. The largest absolute Gasteiger partial charge is 0.507 e. The molecular formula is C22H28N4O6. The third-order valence-electron chi connectivity index (χ3n) is 5.01. The van der Waals surface area contributed by atoms with Crippen LogP contribution in [0.3, 0.4) is 0 Å². The zero-order chi connectivity index (χ0) is 22.9. The summed E-state index contributed by atoms with van der Waals surface area (Å²) < 4.78 is 15.6. The number of nitrogens with zero attached hydrogens (tertiary/aromatic N) is 4. The van der Waals surface area contributed by atoms with Gasteiger partial charge in [-0.05, 0) is 24.6 Å². The number of phenolic OH excluding ortho intramolecular Hbond substituents is 1. The Balaban J connectivity index is 1.50. The number of hydrogen-bond donors (Lipinski definition) is 1. The Bertz CT molecular complexity index is 913. The molecule has 1 saturated heterocycles. The lowest BCUT2D eigenvalue weighted by Crippen LogP contribution is -2.49. The molecule has 3 rings (SSSR count). The lowest BCUT2D eigenvalue weighted by molar-refractivity contribution is 0.0596. The van der Waals surface area contributed by atoms with Gasteiger partial charge in [0.15, 0.2) is 0 Å². The number of phenols is 1. The number of unbranched alkanes of at least 4 members (excludes halogenated alkanes) is 1. The molecule has 32 heavy (non-hydrogen) atoms. The summed E-state index contributed by atoms with van der Waals surface area (Å²) in [6, 6.07) is 4.35. The van der Waals surface area contributed by atoms with Crippen molar-refractivity contribution in [2.24, 2.45) is 0 Å². The second-order valence-electron chi connectivity index (χ2n) is 7.29. The van der Waals surface area contributed by atoms with E-state index in [1.807, 2.05) is 4.90 Å². The highest BCUT2D eigenvalue weighted by Gasteiger charge is 2.23. The fraction of sp³-hybridized carbons (Fsp3) is 0.455. The Kier molecular flexibility index (Phi) is 8.07. The van der Waals surface area contributed by atoms with Crippen LogP contribution in [0, 0.1) is 0 Å². The maximum atomic E-state index is 12.0. The Morgan fingerprint density at radius 3 is 2.50 bits per heavy atom. The van der Waals surface area contributed by atoms with E-state index in [9.17, 15) is 14.7 Å². The lowest BCUT2D eigenvalue weighted by Gasteiger charge is -2.34. The summed E-state index contributed by atoms with van der Waals surface area (Å²) in [5.41, 5.74) is 0.782. The molecule has 1 aliphatic heterocycles. The lowest BCUT2D eigenvalue weighted by atomic mass is 10.2. The highest BCUT2D eigenvalue weighted by Crippen LogP contribution is 2.24. The first-order valence-corrected chi connectivity index (χ1v) is 10.5. The van der Waals surface area contributed by atoms with E-state index < -0.39 is 5.97 Å². The number of rotatable bonds is 8. The third kappa shape index (κ3) is 5.99. The molecule has 1 fully saturated rings. The molecule has 1 amide bonds. The summed E-state index contributed by atoms with van der Waals surface area (Å²) in [6.07, 6.45) is 4.94. The van der Waals surface area contributed by atoms with Crippen LogP contribution in [0.5, 0.6) is 11.5 Å². The van der Waals surface area contributed by atoms with E-state index in [0.717, 1.165) is 18.4 Å². The van der Waals surface area contributed by atoms with Crippen LogP contribution in [0.2, 0.25) is 0 Å². The predicted octanol–water partition coefficient (Wildman–Crippen LogP) is 2.61. The van der Waals surface area contributed by atoms with Crippen molar-refractivity contribution in [3.05, 3.63) is 41.7 Å². The number of ether oxygens (including phenoxy) is 3. The van der Waals surface area contributed by atoms with Gasteiger partial charge in [0.25, 0.3) is 0 Å². The average Bonchev–Trinajstić information content (AvgIpc) is 2.83. The van der Waals surface area contributed by atoms with Gasteiger partial charge in [-0.15, -0.1) is 0 Å². The fourth-order valence-electron chi connectivity index (χ4n) is 3.11. The van der Waals surface area contributed by atoms with Gasteiger partial charge in [0.05, 0.1) is 13.7 Å². The zero-order valence-electron chi connectivity index (χ0n) is 18.3. The molecular weight excluding hydrogens is 416 g/mol. The first-order valence-electron chi connectivity index (χ1n) is 10.5. The number of anilines is 1. The topological polar surface area (TPSA) is 114 Å². The van der Waals surface area contributed by atoms with Gasteiger partial charge in [0.1, 0.15) is 23.7 Å². The molecule has 2 aromatic rings.